The number of rotatable bonds is 8. The molecule has 2 N–H and O–H groups in total. The van der Waals surface area contributed by atoms with Crippen LogP contribution in [0.5, 0.6) is 5.75 Å². The third kappa shape index (κ3) is 5.51. The van der Waals surface area contributed by atoms with E-state index in [0.717, 1.165) is 38.2 Å². The highest BCUT2D eigenvalue weighted by atomic mass is 19.1. The van der Waals surface area contributed by atoms with Gasteiger partial charge in [0, 0.05) is 44.6 Å². The first kappa shape index (κ1) is 25.3. The summed E-state index contributed by atoms with van der Waals surface area (Å²) in [4.78, 5) is 17.5. The summed E-state index contributed by atoms with van der Waals surface area (Å²) in [5.41, 5.74) is 7.22. The number of benzene rings is 1. The molecule has 0 aliphatic carbocycles. The lowest BCUT2D eigenvalue weighted by Gasteiger charge is -2.33. The molecule has 0 radical (unpaired) electrons. The fourth-order valence-electron chi connectivity index (χ4n) is 5.20. The fraction of sp³-hybridized carbons (Fsp3) is 0.538. The van der Waals surface area contributed by atoms with Gasteiger partial charge in [0.2, 0.25) is 5.95 Å². The second-order valence-electron chi connectivity index (χ2n) is 9.88. The number of hydrogen-bond donors (Lipinski definition) is 1. The van der Waals surface area contributed by atoms with Gasteiger partial charge < -0.3 is 24.8 Å². The number of nitrogens with two attached hydrogens (primary N) is 1. The van der Waals surface area contributed by atoms with Crippen LogP contribution in [0.4, 0.5) is 20.7 Å². The Morgan fingerprint density at radius 2 is 1.92 bits per heavy atom. The molecule has 0 saturated carbocycles. The first-order chi connectivity index (χ1) is 17.9. The predicted molar refractivity (Wildman–Crippen MR) is 135 cm³/mol. The number of halogens is 2. The van der Waals surface area contributed by atoms with E-state index in [1.165, 1.54) is 12.1 Å². The quantitative estimate of drug-likeness (QED) is 0.483. The van der Waals surface area contributed by atoms with Crippen molar-refractivity contribution in [3.63, 3.8) is 0 Å². The molecule has 3 aromatic rings. The van der Waals surface area contributed by atoms with Gasteiger partial charge in [-0.1, -0.05) is 18.1 Å². The third-order valence-corrected chi connectivity index (χ3v) is 7.45. The predicted octanol–water partition coefficient (Wildman–Crippen LogP) is 3.65. The van der Waals surface area contributed by atoms with E-state index >= 15 is 0 Å². The zero-order valence-corrected chi connectivity index (χ0v) is 21.2. The number of ether oxygens (including phenoxy) is 1. The number of hydrogen-bond acceptors (Lipinski definition) is 9. The number of alkyl halides is 1. The molecular formula is C26H33F2N7O2. The third-order valence-electron chi connectivity index (χ3n) is 7.45. The standard InChI is InChI=1S/C26H33F2N7O2/c1-3-24-32-26(37-33-24)34-8-6-18(7-9-34)16(2)36-19-12-30-25(31-13-19)35-14-21(23(29)15-35)20-10-17(11-27)4-5-22(20)28/h4-5,10,12-13,16,18,21,23H,3,6-9,11,14-15,29H2,1-2H3. The number of aryl methyl sites for hydroxylation is 1. The highest BCUT2D eigenvalue weighted by molar-refractivity contribution is 5.39. The summed E-state index contributed by atoms with van der Waals surface area (Å²) in [5.74, 6) is 1.59. The molecule has 0 spiro atoms. The first-order valence-corrected chi connectivity index (χ1v) is 12.9. The van der Waals surface area contributed by atoms with Gasteiger partial charge in [-0.25, -0.2) is 18.7 Å². The normalized spacial score (nSPS) is 21.4. The molecule has 0 amide bonds. The molecule has 1 aromatic carbocycles. The van der Waals surface area contributed by atoms with Crippen LogP contribution in [-0.4, -0.2) is 58.4 Å². The Morgan fingerprint density at radius 3 is 2.59 bits per heavy atom. The minimum atomic E-state index is -0.639. The zero-order chi connectivity index (χ0) is 25.9. The Labute approximate surface area is 215 Å². The molecule has 2 fully saturated rings. The highest BCUT2D eigenvalue weighted by Gasteiger charge is 2.34. The smallest absolute Gasteiger partial charge is 0.324 e. The highest BCUT2D eigenvalue weighted by Crippen LogP contribution is 2.32. The van der Waals surface area contributed by atoms with Crippen molar-refractivity contribution < 1.29 is 18.0 Å². The lowest BCUT2D eigenvalue weighted by molar-refractivity contribution is 0.131. The summed E-state index contributed by atoms with van der Waals surface area (Å²) >= 11 is 0. The molecule has 2 aliphatic rings. The van der Waals surface area contributed by atoms with E-state index in [1.54, 1.807) is 18.5 Å². The Bertz CT molecular complexity index is 1180. The molecule has 4 heterocycles. The van der Waals surface area contributed by atoms with E-state index in [0.29, 0.717) is 47.8 Å². The van der Waals surface area contributed by atoms with E-state index < -0.39 is 6.67 Å². The van der Waals surface area contributed by atoms with Crippen molar-refractivity contribution in [3.05, 3.63) is 53.4 Å². The van der Waals surface area contributed by atoms with Crippen LogP contribution in [-0.2, 0) is 13.1 Å². The van der Waals surface area contributed by atoms with E-state index in [9.17, 15) is 8.78 Å². The average molecular weight is 514 g/mol. The largest absolute Gasteiger partial charge is 0.487 e. The molecule has 198 valence electrons. The van der Waals surface area contributed by atoms with Crippen LogP contribution in [0.3, 0.4) is 0 Å². The average Bonchev–Trinajstić information content (AvgIpc) is 3.56. The maximum Gasteiger partial charge on any atom is 0.324 e. The summed E-state index contributed by atoms with van der Waals surface area (Å²) < 4.78 is 39.1. The Hall–Kier alpha value is -3.34. The van der Waals surface area contributed by atoms with Gasteiger partial charge in [-0.05, 0) is 48.9 Å². The van der Waals surface area contributed by atoms with Gasteiger partial charge in [-0.15, -0.1) is 0 Å². The molecule has 2 saturated heterocycles. The molecule has 5 rings (SSSR count). The maximum atomic E-state index is 14.5. The number of aromatic nitrogens is 4. The van der Waals surface area contributed by atoms with Crippen LogP contribution >= 0.6 is 0 Å². The van der Waals surface area contributed by atoms with Gasteiger partial charge in [0.15, 0.2) is 11.6 Å². The lowest BCUT2D eigenvalue weighted by Crippen LogP contribution is -2.38. The minimum Gasteiger partial charge on any atom is -0.487 e. The molecule has 0 bridgehead atoms. The van der Waals surface area contributed by atoms with Crippen molar-refractivity contribution >= 4 is 12.0 Å². The van der Waals surface area contributed by atoms with Crippen LogP contribution in [0.25, 0.3) is 0 Å². The van der Waals surface area contributed by atoms with Crippen LogP contribution < -0.4 is 20.3 Å². The van der Waals surface area contributed by atoms with Crippen molar-refractivity contribution in [1.82, 2.24) is 20.1 Å². The second-order valence-corrected chi connectivity index (χ2v) is 9.88. The van der Waals surface area contributed by atoms with Gasteiger partial charge in [-0.2, -0.15) is 4.98 Å². The van der Waals surface area contributed by atoms with Gasteiger partial charge in [0.25, 0.3) is 0 Å². The zero-order valence-electron chi connectivity index (χ0n) is 21.2. The Kier molecular flexibility index (Phi) is 7.50. The summed E-state index contributed by atoms with van der Waals surface area (Å²) in [6.07, 6.45) is 6.00. The van der Waals surface area contributed by atoms with Crippen molar-refractivity contribution in [2.45, 2.75) is 57.8 Å². The number of anilines is 2. The Morgan fingerprint density at radius 1 is 1.16 bits per heavy atom. The molecular weight excluding hydrogens is 480 g/mol. The van der Waals surface area contributed by atoms with Crippen LogP contribution in [0.1, 0.15) is 49.6 Å². The topological polar surface area (TPSA) is 106 Å². The van der Waals surface area contributed by atoms with Crippen LogP contribution in [0.2, 0.25) is 0 Å². The van der Waals surface area contributed by atoms with Gasteiger partial charge in [0.1, 0.15) is 12.5 Å². The van der Waals surface area contributed by atoms with Gasteiger partial charge in [-0.3, -0.25) is 0 Å². The van der Waals surface area contributed by atoms with E-state index in [2.05, 4.69) is 31.9 Å². The number of piperidine rings is 1. The lowest BCUT2D eigenvalue weighted by atomic mass is 9.92. The van der Waals surface area contributed by atoms with Crippen LogP contribution in [0.15, 0.2) is 35.1 Å². The van der Waals surface area contributed by atoms with E-state index in [1.807, 2.05) is 11.8 Å². The van der Waals surface area contributed by atoms with E-state index in [4.69, 9.17) is 15.0 Å². The first-order valence-electron chi connectivity index (χ1n) is 12.9. The second kappa shape index (κ2) is 11.0. The summed E-state index contributed by atoms with van der Waals surface area (Å²) in [6, 6.07) is 4.61. The van der Waals surface area contributed by atoms with E-state index in [-0.39, 0.29) is 23.9 Å². The summed E-state index contributed by atoms with van der Waals surface area (Å²) in [5, 5.41) is 3.98. The maximum absolute atomic E-state index is 14.5. The molecule has 3 atom stereocenters. The fourth-order valence-corrected chi connectivity index (χ4v) is 5.20. The van der Waals surface area contributed by atoms with Crippen LogP contribution in [0, 0.1) is 11.7 Å². The van der Waals surface area contributed by atoms with Crippen molar-refractivity contribution in [2.24, 2.45) is 11.7 Å². The molecule has 3 unspecified atom stereocenters. The SMILES string of the molecule is CCc1noc(N2CCC(C(C)Oc3cnc(N4CC(N)C(c5cc(CF)ccc5F)C4)nc3)CC2)n1. The summed E-state index contributed by atoms with van der Waals surface area (Å²) in [6.45, 7) is 6.06. The minimum absolute atomic E-state index is 0.000772. The van der Waals surface area contributed by atoms with Gasteiger partial charge in [0.05, 0.1) is 18.5 Å². The Balaban J connectivity index is 1.15. The monoisotopic (exact) mass is 513 g/mol. The van der Waals surface area contributed by atoms with Gasteiger partial charge >= 0.3 is 6.01 Å². The summed E-state index contributed by atoms with van der Waals surface area (Å²) in [7, 11) is 0. The molecule has 2 aliphatic heterocycles. The molecule has 9 nitrogen and oxygen atoms in total. The van der Waals surface area contributed by atoms with Crippen molar-refractivity contribution in [2.75, 3.05) is 36.0 Å². The number of nitrogens with zero attached hydrogens (tertiary/aromatic N) is 6. The molecule has 2 aromatic heterocycles. The van der Waals surface area contributed by atoms with Crippen molar-refractivity contribution in [3.8, 4) is 5.75 Å². The van der Waals surface area contributed by atoms with Crippen molar-refractivity contribution in [1.29, 1.82) is 0 Å². The molecule has 37 heavy (non-hydrogen) atoms. The molecule has 11 heteroatoms.